The van der Waals surface area contributed by atoms with Gasteiger partial charge in [-0.1, -0.05) is 26.0 Å². The fourth-order valence-corrected chi connectivity index (χ4v) is 2.04. The van der Waals surface area contributed by atoms with E-state index in [0.717, 1.165) is 5.56 Å². The lowest BCUT2D eigenvalue weighted by Gasteiger charge is -2.15. The van der Waals surface area contributed by atoms with Crippen LogP contribution in [0.4, 0.5) is 5.69 Å². The molecule has 2 aromatic rings. The van der Waals surface area contributed by atoms with Crippen molar-refractivity contribution < 1.29 is 9.59 Å². The van der Waals surface area contributed by atoms with Crippen LogP contribution in [0, 0.1) is 5.92 Å². The Morgan fingerprint density at radius 3 is 2.79 bits per heavy atom. The molecule has 1 heterocycles. The maximum absolute atomic E-state index is 11.9. The summed E-state index contributed by atoms with van der Waals surface area (Å²) in [7, 11) is 0. The van der Waals surface area contributed by atoms with Crippen molar-refractivity contribution in [3.8, 4) is 0 Å². The van der Waals surface area contributed by atoms with E-state index < -0.39 is 6.04 Å². The molecule has 1 aromatic carbocycles. The molecule has 0 aliphatic rings. The van der Waals surface area contributed by atoms with E-state index in [9.17, 15) is 9.59 Å². The molecule has 0 spiro atoms. The number of nitrogens with one attached hydrogen (secondary N) is 2. The Bertz CT molecular complexity index is 684. The highest BCUT2D eigenvalue weighted by molar-refractivity contribution is 5.95. The summed E-state index contributed by atoms with van der Waals surface area (Å²) in [4.78, 5) is 27.6. The third-order valence-corrected chi connectivity index (χ3v) is 3.47. The van der Waals surface area contributed by atoms with Crippen LogP contribution in [0.5, 0.6) is 0 Å². The molecule has 1 atom stereocenters. The number of benzene rings is 1. The van der Waals surface area contributed by atoms with Gasteiger partial charge in [0.15, 0.2) is 0 Å². The van der Waals surface area contributed by atoms with E-state index in [-0.39, 0.29) is 24.3 Å². The molecule has 128 valence electrons. The SMILES string of the molecule is CC(C)[C@H](N)C(=O)NCC(=O)Nc1cccc(Cn2cncn2)c1. The van der Waals surface area contributed by atoms with Crippen molar-refractivity contribution in [2.75, 3.05) is 11.9 Å². The number of carbonyl (C=O) groups excluding carboxylic acids is 2. The van der Waals surface area contributed by atoms with Crippen LogP contribution in [0.1, 0.15) is 19.4 Å². The van der Waals surface area contributed by atoms with Gasteiger partial charge in [-0.25, -0.2) is 9.67 Å². The van der Waals surface area contributed by atoms with Gasteiger partial charge in [-0.15, -0.1) is 0 Å². The van der Waals surface area contributed by atoms with Crippen LogP contribution in [0.15, 0.2) is 36.9 Å². The van der Waals surface area contributed by atoms with E-state index in [1.54, 1.807) is 17.1 Å². The topological polar surface area (TPSA) is 115 Å². The Kier molecular flexibility index (Phi) is 6.02. The fourth-order valence-electron chi connectivity index (χ4n) is 2.04. The summed E-state index contributed by atoms with van der Waals surface area (Å²) in [6.07, 6.45) is 3.09. The number of aromatic nitrogens is 3. The van der Waals surface area contributed by atoms with E-state index in [2.05, 4.69) is 20.7 Å². The Labute approximate surface area is 140 Å². The standard InChI is InChI=1S/C16H22N6O2/c1-11(2)15(17)16(24)19-7-14(23)21-13-5-3-4-12(6-13)8-22-10-18-9-20-22/h3-6,9-11,15H,7-8,17H2,1-2H3,(H,19,24)(H,21,23)/t15-/m0/s1. The lowest BCUT2D eigenvalue weighted by molar-refractivity contribution is -0.125. The molecule has 8 nitrogen and oxygen atoms in total. The zero-order valence-corrected chi connectivity index (χ0v) is 13.8. The average Bonchev–Trinajstić information content (AvgIpc) is 3.05. The van der Waals surface area contributed by atoms with Gasteiger partial charge in [-0.05, 0) is 23.6 Å². The second-order valence-corrected chi connectivity index (χ2v) is 5.83. The van der Waals surface area contributed by atoms with Gasteiger partial charge in [0.1, 0.15) is 12.7 Å². The lowest BCUT2D eigenvalue weighted by Crippen LogP contribution is -2.46. The summed E-state index contributed by atoms with van der Waals surface area (Å²) in [5, 5.41) is 9.32. The summed E-state index contributed by atoms with van der Waals surface area (Å²) in [5.41, 5.74) is 7.35. The van der Waals surface area contributed by atoms with Crippen molar-refractivity contribution in [3.05, 3.63) is 42.5 Å². The molecule has 0 fully saturated rings. The Balaban J connectivity index is 1.86. The van der Waals surface area contributed by atoms with Crippen LogP contribution < -0.4 is 16.4 Å². The molecule has 2 amide bonds. The summed E-state index contributed by atoms with van der Waals surface area (Å²) < 4.78 is 1.69. The van der Waals surface area contributed by atoms with Gasteiger partial charge < -0.3 is 16.4 Å². The summed E-state index contributed by atoms with van der Waals surface area (Å²) in [6.45, 7) is 4.14. The fraction of sp³-hybridized carbons (Fsp3) is 0.375. The van der Waals surface area contributed by atoms with Crippen molar-refractivity contribution in [1.82, 2.24) is 20.1 Å². The van der Waals surface area contributed by atoms with Crippen LogP contribution in [-0.2, 0) is 16.1 Å². The maximum atomic E-state index is 11.9. The molecule has 4 N–H and O–H groups in total. The molecule has 0 saturated heterocycles. The minimum absolute atomic E-state index is 0.0153. The average molecular weight is 330 g/mol. The number of amides is 2. The minimum Gasteiger partial charge on any atom is -0.346 e. The van der Waals surface area contributed by atoms with Crippen molar-refractivity contribution in [3.63, 3.8) is 0 Å². The molecule has 0 unspecified atom stereocenters. The number of hydrogen-bond donors (Lipinski definition) is 3. The molecular weight excluding hydrogens is 308 g/mol. The number of rotatable bonds is 7. The van der Waals surface area contributed by atoms with Crippen molar-refractivity contribution in [2.24, 2.45) is 11.7 Å². The first-order chi connectivity index (χ1) is 11.5. The summed E-state index contributed by atoms with van der Waals surface area (Å²) >= 11 is 0. The second-order valence-electron chi connectivity index (χ2n) is 5.83. The Morgan fingerprint density at radius 1 is 1.33 bits per heavy atom. The van der Waals surface area contributed by atoms with Crippen LogP contribution in [0.25, 0.3) is 0 Å². The highest BCUT2D eigenvalue weighted by atomic mass is 16.2. The predicted molar refractivity (Wildman–Crippen MR) is 90.0 cm³/mol. The molecular formula is C16H22N6O2. The number of anilines is 1. The number of hydrogen-bond acceptors (Lipinski definition) is 5. The Hall–Kier alpha value is -2.74. The van der Waals surface area contributed by atoms with Crippen molar-refractivity contribution in [2.45, 2.75) is 26.4 Å². The first-order valence-corrected chi connectivity index (χ1v) is 7.70. The van der Waals surface area contributed by atoms with E-state index in [1.807, 2.05) is 32.0 Å². The molecule has 0 aliphatic heterocycles. The van der Waals surface area contributed by atoms with Gasteiger partial charge in [-0.3, -0.25) is 9.59 Å². The zero-order valence-electron chi connectivity index (χ0n) is 13.8. The van der Waals surface area contributed by atoms with Crippen LogP contribution in [-0.4, -0.2) is 39.2 Å². The normalized spacial score (nSPS) is 12.0. The third-order valence-electron chi connectivity index (χ3n) is 3.47. The second kappa shape index (κ2) is 8.21. The quantitative estimate of drug-likeness (QED) is 0.678. The molecule has 1 aromatic heterocycles. The molecule has 24 heavy (non-hydrogen) atoms. The third kappa shape index (κ3) is 5.17. The minimum atomic E-state index is -0.621. The van der Waals surface area contributed by atoms with E-state index in [1.165, 1.54) is 6.33 Å². The Morgan fingerprint density at radius 2 is 2.12 bits per heavy atom. The zero-order chi connectivity index (χ0) is 17.5. The van der Waals surface area contributed by atoms with Crippen LogP contribution >= 0.6 is 0 Å². The van der Waals surface area contributed by atoms with Gasteiger partial charge in [0.05, 0.1) is 19.1 Å². The lowest BCUT2D eigenvalue weighted by atomic mass is 10.1. The molecule has 0 saturated carbocycles. The number of carbonyl (C=O) groups is 2. The smallest absolute Gasteiger partial charge is 0.243 e. The van der Waals surface area contributed by atoms with Crippen molar-refractivity contribution >= 4 is 17.5 Å². The van der Waals surface area contributed by atoms with Gasteiger partial charge in [0.2, 0.25) is 11.8 Å². The molecule has 0 aliphatic carbocycles. The predicted octanol–water partition coefficient (Wildman–Crippen LogP) is 0.364. The molecule has 0 bridgehead atoms. The highest BCUT2D eigenvalue weighted by Gasteiger charge is 2.17. The maximum Gasteiger partial charge on any atom is 0.243 e. The van der Waals surface area contributed by atoms with Gasteiger partial charge in [0, 0.05) is 5.69 Å². The summed E-state index contributed by atoms with van der Waals surface area (Å²) in [5.74, 6) is -0.626. The monoisotopic (exact) mass is 330 g/mol. The van der Waals surface area contributed by atoms with E-state index >= 15 is 0 Å². The largest absolute Gasteiger partial charge is 0.346 e. The number of nitrogens with zero attached hydrogens (tertiary/aromatic N) is 3. The first-order valence-electron chi connectivity index (χ1n) is 7.70. The number of nitrogens with two attached hydrogens (primary N) is 1. The first kappa shape index (κ1) is 17.6. The van der Waals surface area contributed by atoms with Gasteiger partial charge in [0.25, 0.3) is 0 Å². The van der Waals surface area contributed by atoms with Crippen LogP contribution in [0.3, 0.4) is 0 Å². The van der Waals surface area contributed by atoms with Gasteiger partial charge in [-0.2, -0.15) is 5.10 Å². The summed E-state index contributed by atoms with van der Waals surface area (Å²) in [6, 6.07) is 6.78. The molecule has 0 radical (unpaired) electrons. The van der Waals surface area contributed by atoms with Crippen LogP contribution in [0.2, 0.25) is 0 Å². The van der Waals surface area contributed by atoms with Crippen molar-refractivity contribution in [1.29, 1.82) is 0 Å². The molecule has 2 rings (SSSR count). The van der Waals surface area contributed by atoms with Gasteiger partial charge >= 0.3 is 0 Å². The van der Waals surface area contributed by atoms with E-state index in [4.69, 9.17) is 5.73 Å². The highest BCUT2D eigenvalue weighted by Crippen LogP contribution is 2.11. The van der Waals surface area contributed by atoms with E-state index in [0.29, 0.717) is 12.2 Å². The molecule has 8 heteroatoms.